The Morgan fingerprint density at radius 2 is 1.56 bits per heavy atom. The van der Waals surface area contributed by atoms with E-state index in [0.717, 1.165) is 0 Å². The molecule has 0 bridgehead atoms. The van der Waals surface area contributed by atoms with Crippen LogP contribution in [0.3, 0.4) is 0 Å². The summed E-state index contributed by atoms with van der Waals surface area (Å²) in [4.78, 5) is 15.2. The van der Waals surface area contributed by atoms with E-state index in [1.54, 1.807) is 42.5 Å². The van der Waals surface area contributed by atoms with Gasteiger partial charge in [-0.15, -0.1) is 0 Å². The lowest BCUT2D eigenvalue weighted by Crippen LogP contribution is -2.44. The zero-order chi connectivity index (χ0) is 27.8. The number of carbonyl (C=O) groups is 1. The predicted molar refractivity (Wildman–Crippen MR) is 131 cm³/mol. The van der Waals surface area contributed by atoms with E-state index in [0.29, 0.717) is 11.5 Å². The Morgan fingerprint density at radius 3 is 2.23 bits per heavy atom. The molecule has 8 atom stereocenters. The molecule has 0 spiro atoms. The number of esters is 1. The van der Waals surface area contributed by atoms with Gasteiger partial charge in [-0.1, -0.05) is 23.3 Å². The summed E-state index contributed by atoms with van der Waals surface area (Å²) in [7, 11) is 0. The van der Waals surface area contributed by atoms with Crippen LogP contribution in [0.4, 0.5) is 0 Å². The molecule has 2 aromatic rings. The first-order chi connectivity index (χ1) is 18.9. The Bertz CT molecular complexity index is 1120. The SMILES string of the molecule is [N-]=[N+]=NCCOc1ccc(O[C@H]2O[C@H](CO)[C@@H](O)[C@@H]2O[C@@H]2O[C@H](CO)[C@@H](OC(=O)c3ccccc3)[C@@H]2O)cc1. The van der Waals surface area contributed by atoms with Crippen molar-refractivity contribution in [1.82, 2.24) is 0 Å². The number of rotatable bonds is 12. The number of aliphatic hydroxyl groups is 4. The van der Waals surface area contributed by atoms with Crippen molar-refractivity contribution in [3.63, 3.8) is 0 Å². The third-order valence-electron chi connectivity index (χ3n) is 6.09. The van der Waals surface area contributed by atoms with E-state index in [1.807, 2.05) is 0 Å². The minimum atomic E-state index is -1.52. The molecule has 2 saturated heterocycles. The Balaban J connectivity index is 1.41. The van der Waals surface area contributed by atoms with Crippen LogP contribution in [0.5, 0.6) is 11.5 Å². The van der Waals surface area contributed by atoms with Crippen LogP contribution in [0, 0.1) is 0 Å². The van der Waals surface area contributed by atoms with Crippen molar-refractivity contribution in [2.24, 2.45) is 5.11 Å². The standard InChI is InChI=1S/C25H29N3O11/c26-28-27-10-11-34-15-6-8-16(9-7-15)35-25-22(19(31)17(12-29)36-25)39-24-20(32)21(18(13-30)37-24)38-23(33)14-4-2-1-3-5-14/h1-9,17-22,24-25,29-32H,10-13H2/t17-,18-,19-,20+,21-,22+,24+,25+/m1/s1. The highest BCUT2D eigenvalue weighted by Gasteiger charge is 2.52. The van der Waals surface area contributed by atoms with Gasteiger partial charge in [0.15, 0.2) is 18.5 Å². The number of hydrogen-bond donors (Lipinski definition) is 4. The molecule has 14 heteroatoms. The average molecular weight is 548 g/mol. The summed E-state index contributed by atoms with van der Waals surface area (Å²) in [5, 5.41) is 44.3. The van der Waals surface area contributed by atoms with Gasteiger partial charge >= 0.3 is 5.97 Å². The molecule has 14 nitrogen and oxygen atoms in total. The van der Waals surface area contributed by atoms with E-state index in [9.17, 15) is 25.2 Å². The summed E-state index contributed by atoms with van der Waals surface area (Å²) in [6.07, 6.45) is -10.2. The van der Waals surface area contributed by atoms with Crippen LogP contribution in [0.25, 0.3) is 10.4 Å². The van der Waals surface area contributed by atoms with Crippen molar-refractivity contribution in [2.75, 3.05) is 26.4 Å². The van der Waals surface area contributed by atoms with Crippen LogP contribution in [0.1, 0.15) is 10.4 Å². The fourth-order valence-electron chi connectivity index (χ4n) is 4.12. The van der Waals surface area contributed by atoms with E-state index in [2.05, 4.69) is 10.0 Å². The van der Waals surface area contributed by atoms with Crippen molar-refractivity contribution >= 4 is 5.97 Å². The molecule has 0 unspecified atom stereocenters. The van der Waals surface area contributed by atoms with Gasteiger partial charge < -0.3 is 48.8 Å². The molecular formula is C25H29N3O11. The zero-order valence-corrected chi connectivity index (χ0v) is 20.6. The molecule has 0 radical (unpaired) electrons. The third kappa shape index (κ3) is 6.95. The zero-order valence-electron chi connectivity index (χ0n) is 20.6. The molecular weight excluding hydrogens is 518 g/mol. The highest BCUT2D eigenvalue weighted by Crippen LogP contribution is 2.33. The first-order valence-electron chi connectivity index (χ1n) is 12.2. The quantitative estimate of drug-likeness (QED) is 0.0948. The van der Waals surface area contributed by atoms with Crippen molar-refractivity contribution in [1.29, 1.82) is 0 Å². The second-order valence-corrected chi connectivity index (χ2v) is 8.66. The monoisotopic (exact) mass is 547 g/mol. The van der Waals surface area contributed by atoms with Gasteiger partial charge in [0.1, 0.15) is 35.9 Å². The number of nitrogens with zero attached hydrogens (tertiary/aromatic N) is 3. The summed E-state index contributed by atoms with van der Waals surface area (Å²) < 4.78 is 33.7. The number of carbonyl (C=O) groups excluding carboxylic acids is 1. The molecule has 0 aliphatic carbocycles. The van der Waals surface area contributed by atoms with Gasteiger partial charge in [-0.2, -0.15) is 0 Å². The highest BCUT2D eigenvalue weighted by molar-refractivity contribution is 5.89. The predicted octanol–water partition coefficient (Wildman–Crippen LogP) is 0.521. The fourth-order valence-corrected chi connectivity index (χ4v) is 4.12. The topological polar surface area (TPSA) is 202 Å². The normalized spacial score (nSPS) is 29.9. The van der Waals surface area contributed by atoms with Crippen LogP contribution < -0.4 is 9.47 Å². The minimum absolute atomic E-state index is 0.169. The molecule has 2 fully saturated rings. The second-order valence-electron chi connectivity index (χ2n) is 8.66. The van der Waals surface area contributed by atoms with Gasteiger partial charge in [0.25, 0.3) is 0 Å². The maximum Gasteiger partial charge on any atom is 0.338 e. The largest absolute Gasteiger partial charge is 0.493 e. The molecule has 4 N–H and O–H groups in total. The van der Waals surface area contributed by atoms with E-state index < -0.39 is 68.4 Å². The second kappa shape index (κ2) is 13.6. The van der Waals surface area contributed by atoms with Gasteiger partial charge in [-0.05, 0) is 41.9 Å². The lowest BCUT2D eigenvalue weighted by molar-refractivity contribution is -0.231. The highest BCUT2D eigenvalue weighted by atomic mass is 16.8. The first-order valence-corrected chi connectivity index (χ1v) is 12.2. The van der Waals surface area contributed by atoms with E-state index >= 15 is 0 Å². The summed E-state index contributed by atoms with van der Waals surface area (Å²) in [6, 6.07) is 14.5. The van der Waals surface area contributed by atoms with Crippen molar-refractivity contribution in [3.8, 4) is 11.5 Å². The first kappa shape index (κ1) is 28.5. The Hall–Kier alpha value is -3.46. The lowest BCUT2D eigenvalue weighted by Gasteiger charge is -2.26. The van der Waals surface area contributed by atoms with Crippen molar-refractivity contribution < 1.29 is 53.6 Å². The maximum absolute atomic E-state index is 12.5. The average Bonchev–Trinajstić information content (AvgIpc) is 3.42. The molecule has 210 valence electrons. The maximum atomic E-state index is 12.5. The Labute approximate surface area is 222 Å². The van der Waals surface area contributed by atoms with E-state index in [-0.39, 0.29) is 18.7 Å². The minimum Gasteiger partial charge on any atom is -0.493 e. The van der Waals surface area contributed by atoms with E-state index in [4.69, 9.17) is 34.0 Å². The van der Waals surface area contributed by atoms with Gasteiger partial charge in [0.2, 0.25) is 6.29 Å². The van der Waals surface area contributed by atoms with Crippen LogP contribution in [0.15, 0.2) is 59.7 Å². The molecule has 2 aliphatic heterocycles. The van der Waals surface area contributed by atoms with Crippen LogP contribution in [-0.4, -0.2) is 102 Å². The third-order valence-corrected chi connectivity index (χ3v) is 6.09. The van der Waals surface area contributed by atoms with Gasteiger partial charge in [0.05, 0.1) is 31.9 Å². The number of hydrogen-bond acceptors (Lipinski definition) is 12. The molecule has 39 heavy (non-hydrogen) atoms. The van der Waals surface area contributed by atoms with Gasteiger partial charge in [-0.3, -0.25) is 0 Å². The van der Waals surface area contributed by atoms with Gasteiger partial charge in [0, 0.05) is 4.91 Å². The van der Waals surface area contributed by atoms with Crippen LogP contribution >= 0.6 is 0 Å². The lowest BCUT2D eigenvalue weighted by atomic mass is 10.1. The van der Waals surface area contributed by atoms with Crippen molar-refractivity contribution in [3.05, 3.63) is 70.6 Å². The molecule has 0 aromatic heterocycles. The molecule has 2 aromatic carbocycles. The molecule has 0 amide bonds. The fraction of sp³-hybridized carbons (Fsp3) is 0.480. The number of ether oxygens (including phenoxy) is 6. The molecule has 2 aliphatic rings. The summed E-state index contributed by atoms with van der Waals surface area (Å²) in [5.74, 6) is 0.0912. The molecule has 4 rings (SSSR count). The number of azide groups is 1. The van der Waals surface area contributed by atoms with E-state index in [1.165, 1.54) is 12.1 Å². The summed E-state index contributed by atoms with van der Waals surface area (Å²) in [6.45, 7) is -0.757. The smallest absolute Gasteiger partial charge is 0.338 e. The summed E-state index contributed by atoms with van der Waals surface area (Å²) in [5.41, 5.74) is 8.56. The summed E-state index contributed by atoms with van der Waals surface area (Å²) >= 11 is 0. The molecule has 0 saturated carbocycles. The van der Waals surface area contributed by atoms with Gasteiger partial charge in [-0.25, -0.2) is 4.79 Å². The number of benzene rings is 2. The molecule has 2 heterocycles. The Morgan fingerprint density at radius 1 is 0.897 bits per heavy atom. The Kier molecular flexibility index (Phi) is 9.92. The van der Waals surface area contributed by atoms with Crippen LogP contribution in [0.2, 0.25) is 0 Å². The number of aliphatic hydroxyl groups excluding tert-OH is 4. The van der Waals surface area contributed by atoms with Crippen LogP contribution in [-0.2, 0) is 18.9 Å². The van der Waals surface area contributed by atoms with Crippen molar-refractivity contribution in [2.45, 2.75) is 49.2 Å².